The maximum absolute atomic E-state index is 12.9. The Balaban J connectivity index is 1.93. The summed E-state index contributed by atoms with van der Waals surface area (Å²) in [5, 5.41) is 2.08. The highest BCUT2D eigenvalue weighted by Crippen LogP contribution is 2.37. The van der Waals surface area contributed by atoms with E-state index in [0.717, 1.165) is 0 Å². The van der Waals surface area contributed by atoms with Crippen LogP contribution in [0.1, 0.15) is 27.7 Å². The molecule has 1 heterocycles. The molecule has 1 aromatic heterocycles. The highest BCUT2D eigenvalue weighted by atomic mass is 32.2. The molecule has 0 radical (unpaired) electrons. The van der Waals surface area contributed by atoms with Crippen LogP contribution in [0.3, 0.4) is 0 Å². The van der Waals surface area contributed by atoms with Gasteiger partial charge in [0.1, 0.15) is 0 Å². The summed E-state index contributed by atoms with van der Waals surface area (Å²) in [6.45, 7) is 13.0. The van der Waals surface area contributed by atoms with Crippen molar-refractivity contribution in [2.75, 3.05) is 12.4 Å². The predicted octanol–water partition coefficient (Wildman–Crippen LogP) is 4.27. The van der Waals surface area contributed by atoms with E-state index in [2.05, 4.69) is 85.8 Å². The molecule has 0 aliphatic rings. The number of sulfone groups is 1. The molecule has 0 N–H and O–H groups in total. The number of hydrogen-bond acceptors (Lipinski definition) is 5. The SMILES string of the molecule is C=C[C@@H](CO[Si](c1ccccc1)(c1ccccc1)C(C)(C)C)[C@@H](C)CS(=O)(=O)c1ncccn1. The lowest BCUT2D eigenvalue weighted by Crippen LogP contribution is -2.67. The van der Waals surface area contributed by atoms with Gasteiger partial charge in [-0.05, 0) is 27.4 Å². The normalized spacial score (nSPS) is 14.4. The Kier molecular flexibility index (Phi) is 8.23. The quantitative estimate of drug-likeness (QED) is 0.239. The summed E-state index contributed by atoms with van der Waals surface area (Å²) < 4.78 is 32.8. The van der Waals surface area contributed by atoms with Gasteiger partial charge in [0.05, 0.1) is 5.75 Å². The van der Waals surface area contributed by atoms with E-state index in [9.17, 15) is 8.42 Å². The maximum Gasteiger partial charge on any atom is 0.261 e. The van der Waals surface area contributed by atoms with E-state index in [1.54, 1.807) is 6.07 Å². The zero-order valence-corrected chi connectivity index (χ0v) is 22.2. The number of hydrogen-bond donors (Lipinski definition) is 0. The van der Waals surface area contributed by atoms with E-state index in [1.807, 2.05) is 25.1 Å². The average molecular weight is 495 g/mol. The molecule has 7 heteroatoms. The minimum atomic E-state index is -3.62. The van der Waals surface area contributed by atoms with Crippen molar-refractivity contribution in [3.8, 4) is 0 Å². The van der Waals surface area contributed by atoms with Crippen LogP contribution >= 0.6 is 0 Å². The number of nitrogens with zero attached hydrogens (tertiary/aromatic N) is 2. The predicted molar refractivity (Wildman–Crippen MR) is 141 cm³/mol. The fourth-order valence-electron chi connectivity index (χ4n) is 4.44. The van der Waals surface area contributed by atoms with Crippen LogP contribution in [0.4, 0.5) is 0 Å². The Bertz CT molecular complexity index is 1130. The highest BCUT2D eigenvalue weighted by molar-refractivity contribution is 7.91. The third-order valence-electron chi connectivity index (χ3n) is 6.25. The van der Waals surface area contributed by atoms with Gasteiger partial charge in [-0.1, -0.05) is 94.4 Å². The zero-order chi connectivity index (χ0) is 24.8. The molecule has 34 heavy (non-hydrogen) atoms. The van der Waals surface area contributed by atoms with Crippen LogP contribution < -0.4 is 10.4 Å². The molecule has 0 unspecified atom stereocenters. The van der Waals surface area contributed by atoms with Gasteiger partial charge in [0, 0.05) is 24.9 Å². The molecule has 0 saturated heterocycles. The minimum Gasteiger partial charge on any atom is -0.407 e. The van der Waals surface area contributed by atoms with E-state index < -0.39 is 18.2 Å². The lowest BCUT2D eigenvalue weighted by atomic mass is 9.97. The van der Waals surface area contributed by atoms with Gasteiger partial charge in [0.15, 0.2) is 0 Å². The number of aromatic nitrogens is 2. The first-order chi connectivity index (χ1) is 16.1. The van der Waals surface area contributed by atoms with Crippen molar-refractivity contribution in [1.82, 2.24) is 9.97 Å². The molecule has 3 aromatic rings. The Morgan fingerprint density at radius 3 is 1.88 bits per heavy atom. The molecule has 0 saturated carbocycles. The van der Waals surface area contributed by atoms with Crippen molar-refractivity contribution in [3.05, 3.63) is 91.8 Å². The summed E-state index contributed by atoms with van der Waals surface area (Å²) in [5.74, 6) is -0.442. The Labute approximate surface area is 205 Å². The average Bonchev–Trinajstić information content (AvgIpc) is 2.82. The molecule has 0 aliphatic carbocycles. The molecule has 180 valence electrons. The standard InChI is InChI=1S/C27H34N2O3SSi/c1-6-23(22(2)21-33(30,31)26-28-18-13-19-29-26)20-32-34(27(3,4)5,24-14-9-7-10-15-24)25-16-11-8-12-17-25/h6-19,22-23H,1,20-21H2,2-5H3/t22-,23-/m0/s1. The van der Waals surface area contributed by atoms with Crippen LogP contribution in [-0.4, -0.2) is 39.1 Å². The molecule has 5 nitrogen and oxygen atoms in total. The number of rotatable bonds is 10. The van der Waals surface area contributed by atoms with Gasteiger partial charge >= 0.3 is 0 Å². The summed E-state index contributed by atoms with van der Waals surface area (Å²) in [7, 11) is -6.33. The van der Waals surface area contributed by atoms with Crippen molar-refractivity contribution in [3.63, 3.8) is 0 Å². The van der Waals surface area contributed by atoms with Crippen molar-refractivity contribution in [2.45, 2.75) is 37.9 Å². The molecule has 2 aromatic carbocycles. The van der Waals surface area contributed by atoms with Crippen LogP contribution in [-0.2, 0) is 14.3 Å². The fraction of sp³-hybridized carbons (Fsp3) is 0.333. The van der Waals surface area contributed by atoms with Crippen LogP contribution in [0, 0.1) is 11.8 Å². The summed E-state index contributed by atoms with van der Waals surface area (Å²) in [4.78, 5) is 7.87. The van der Waals surface area contributed by atoms with E-state index in [1.165, 1.54) is 22.8 Å². The van der Waals surface area contributed by atoms with Crippen LogP contribution in [0.15, 0.2) is 96.9 Å². The van der Waals surface area contributed by atoms with Crippen molar-refractivity contribution >= 4 is 28.5 Å². The molecule has 0 spiro atoms. The van der Waals surface area contributed by atoms with E-state index >= 15 is 0 Å². The van der Waals surface area contributed by atoms with E-state index in [0.29, 0.717) is 6.61 Å². The molecular formula is C27H34N2O3SSi. The fourth-order valence-corrected chi connectivity index (χ4v) is 10.6. The second-order valence-corrected chi connectivity index (χ2v) is 15.9. The third-order valence-corrected chi connectivity index (χ3v) is 13.0. The summed E-state index contributed by atoms with van der Waals surface area (Å²) >= 11 is 0. The Morgan fingerprint density at radius 1 is 0.941 bits per heavy atom. The van der Waals surface area contributed by atoms with E-state index in [4.69, 9.17) is 4.43 Å². The summed E-state index contributed by atoms with van der Waals surface area (Å²) in [6.07, 6.45) is 4.70. The van der Waals surface area contributed by atoms with Crippen molar-refractivity contribution in [1.29, 1.82) is 0 Å². The van der Waals surface area contributed by atoms with Gasteiger partial charge < -0.3 is 4.43 Å². The maximum atomic E-state index is 12.9. The van der Waals surface area contributed by atoms with Crippen LogP contribution in [0.2, 0.25) is 5.04 Å². The molecule has 0 amide bonds. The topological polar surface area (TPSA) is 69.2 Å². The summed E-state index contributed by atoms with van der Waals surface area (Å²) in [5.41, 5.74) is 0. The summed E-state index contributed by atoms with van der Waals surface area (Å²) in [6, 6.07) is 22.4. The monoisotopic (exact) mass is 494 g/mol. The molecular weight excluding hydrogens is 460 g/mol. The largest absolute Gasteiger partial charge is 0.407 e. The van der Waals surface area contributed by atoms with Crippen molar-refractivity contribution in [2.24, 2.45) is 11.8 Å². The Hall–Kier alpha value is -2.61. The van der Waals surface area contributed by atoms with Gasteiger partial charge in [-0.3, -0.25) is 0 Å². The second-order valence-electron chi connectivity index (χ2n) is 9.66. The lowest BCUT2D eigenvalue weighted by molar-refractivity contribution is 0.230. The minimum absolute atomic E-state index is 0.0716. The van der Waals surface area contributed by atoms with Crippen LogP contribution in [0.5, 0.6) is 0 Å². The molecule has 3 rings (SSSR count). The first-order valence-electron chi connectivity index (χ1n) is 11.5. The first-order valence-corrected chi connectivity index (χ1v) is 15.0. The smallest absolute Gasteiger partial charge is 0.261 e. The van der Waals surface area contributed by atoms with Crippen molar-refractivity contribution < 1.29 is 12.8 Å². The molecule has 0 bridgehead atoms. The lowest BCUT2D eigenvalue weighted by Gasteiger charge is -2.44. The molecule has 2 atom stereocenters. The second kappa shape index (κ2) is 10.8. The zero-order valence-electron chi connectivity index (χ0n) is 20.4. The van der Waals surface area contributed by atoms with Crippen LogP contribution in [0.25, 0.3) is 0 Å². The van der Waals surface area contributed by atoms with Gasteiger partial charge in [-0.15, -0.1) is 6.58 Å². The highest BCUT2D eigenvalue weighted by Gasteiger charge is 2.50. The third kappa shape index (κ3) is 5.54. The Morgan fingerprint density at radius 2 is 1.44 bits per heavy atom. The number of benzene rings is 2. The molecule has 0 aliphatic heterocycles. The first kappa shape index (κ1) is 26.0. The van der Waals surface area contributed by atoms with Gasteiger partial charge in [-0.25, -0.2) is 18.4 Å². The van der Waals surface area contributed by atoms with Gasteiger partial charge in [-0.2, -0.15) is 0 Å². The van der Waals surface area contributed by atoms with Gasteiger partial charge in [0.2, 0.25) is 15.0 Å². The molecule has 0 fully saturated rings. The van der Waals surface area contributed by atoms with Gasteiger partial charge in [0.25, 0.3) is 8.32 Å². The van der Waals surface area contributed by atoms with E-state index in [-0.39, 0.29) is 27.8 Å².